The summed E-state index contributed by atoms with van der Waals surface area (Å²) in [5, 5.41) is 0. The molecule has 0 radical (unpaired) electrons. The second-order valence-corrected chi connectivity index (χ2v) is 11.4. The number of likely N-dealkylation sites (tertiary alicyclic amines) is 1. The molecule has 6 nitrogen and oxygen atoms in total. The smallest absolute Gasteiger partial charge is 0.350 e. The maximum Gasteiger partial charge on any atom is 0.350 e. The molecule has 1 saturated carbocycles. The van der Waals surface area contributed by atoms with Gasteiger partial charge in [-0.05, 0) is 54.7 Å². The van der Waals surface area contributed by atoms with Crippen LogP contribution >= 0.6 is 0 Å². The molecule has 200 valence electrons. The van der Waals surface area contributed by atoms with Crippen molar-refractivity contribution in [1.82, 2.24) is 9.62 Å². The van der Waals surface area contributed by atoms with Gasteiger partial charge in [0, 0.05) is 36.1 Å². The predicted octanol–water partition coefficient (Wildman–Crippen LogP) is 3.74. The van der Waals surface area contributed by atoms with Gasteiger partial charge in [-0.15, -0.1) is 0 Å². The summed E-state index contributed by atoms with van der Waals surface area (Å²) in [5.41, 5.74) is -1.86. The lowest BCUT2D eigenvalue weighted by Gasteiger charge is -2.34. The van der Waals surface area contributed by atoms with E-state index in [-0.39, 0.29) is 17.7 Å². The van der Waals surface area contributed by atoms with Crippen molar-refractivity contribution in [3.8, 4) is 11.1 Å². The molecule has 2 aromatic rings. The number of hydrogen-bond donors (Lipinski definition) is 1. The van der Waals surface area contributed by atoms with Crippen molar-refractivity contribution in [3.05, 3.63) is 59.2 Å². The summed E-state index contributed by atoms with van der Waals surface area (Å²) in [6.45, 7) is 0.374. The first-order valence-electron chi connectivity index (χ1n) is 11.6. The van der Waals surface area contributed by atoms with Crippen LogP contribution in [0.3, 0.4) is 0 Å². The van der Waals surface area contributed by atoms with Gasteiger partial charge < -0.3 is 9.64 Å². The first-order chi connectivity index (χ1) is 17.4. The van der Waals surface area contributed by atoms with Gasteiger partial charge in [0.25, 0.3) is 15.9 Å². The van der Waals surface area contributed by atoms with Crippen molar-refractivity contribution < 1.29 is 44.3 Å². The average molecular weight is 549 g/mol. The lowest BCUT2D eigenvalue weighted by molar-refractivity contribution is -0.157. The van der Waals surface area contributed by atoms with Gasteiger partial charge in [-0.2, -0.15) is 8.78 Å². The van der Waals surface area contributed by atoms with Crippen molar-refractivity contribution in [1.29, 1.82) is 0 Å². The van der Waals surface area contributed by atoms with Crippen LogP contribution < -0.4 is 4.72 Å². The minimum Gasteiger partial charge on any atom is -0.368 e. The van der Waals surface area contributed by atoms with E-state index in [9.17, 15) is 35.2 Å². The van der Waals surface area contributed by atoms with Gasteiger partial charge in [0.1, 0.15) is 29.4 Å². The van der Waals surface area contributed by atoms with E-state index >= 15 is 4.39 Å². The second-order valence-electron chi connectivity index (χ2n) is 9.73. The van der Waals surface area contributed by atoms with Crippen LogP contribution in [0.5, 0.6) is 0 Å². The minimum atomic E-state index is -5.08. The number of halogens is 6. The van der Waals surface area contributed by atoms with E-state index in [4.69, 9.17) is 4.74 Å². The van der Waals surface area contributed by atoms with Crippen molar-refractivity contribution in [2.75, 3.05) is 13.2 Å². The van der Waals surface area contributed by atoms with Crippen molar-refractivity contribution in [3.63, 3.8) is 0 Å². The molecule has 1 amide bonds. The highest BCUT2D eigenvalue weighted by Crippen LogP contribution is 2.56. The maximum atomic E-state index is 15.6. The third kappa shape index (κ3) is 4.84. The van der Waals surface area contributed by atoms with Crippen molar-refractivity contribution >= 4 is 15.9 Å². The van der Waals surface area contributed by atoms with Crippen LogP contribution in [0.2, 0.25) is 0 Å². The number of ether oxygens (including phenoxy) is 1. The number of nitrogens with zero attached hydrogens (tertiary/aromatic N) is 1. The fraction of sp³-hybridized carbons (Fsp3) is 0.458. The Morgan fingerprint density at radius 3 is 2.22 bits per heavy atom. The molecule has 1 aliphatic carbocycles. The molecule has 2 aromatic carbocycles. The number of rotatable bonds is 7. The summed E-state index contributed by atoms with van der Waals surface area (Å²) in [6, 6.07) is 1.47. The fourth-order valence-corrected chi connectivity index (χ4v) is 6.09. The number of hydrogen-bond acceptors (Lipinski definition) is 4. The zero-order valence-electron chi connectivity index (χ0n) is 19.2. The molecule has 2 heterocycles. The molecular weight excluding hydrogens is 526 g/mol. The van der Waals surface area contributed by atoms with E-state index < -0.39 is 80.5 Å². The maximum absolute atomic E-state index is 15.6. The van der Waals surface area contributed by atoms with E-state index in [1.807, 2.05) is 4.72 Å². The van der Waals surface area contributed by atoms with Crippen LogP contribution in [0.15, 0.2) is 30.3 Å². The Balaban J connectivity index is 1.55. The Morgan fingerprint density at radius 1 is 1.05 bits per heavy atom. The predicted molar refractivity (Wildman–Crippen MR) is 119 cm³/mol. The number of benzene rings is 2. The van der Waals surface area contributed by atoms with Crippen molar-refractivity contribution in [2.45, 2.75) is 49.6 Å². The monoisotopic (exact) mass is 548 g/mol. The summed E-state index contributed by atoms with van der Waals surface area (Å²) in [4.78, 5) is 14.4. The molecule has 1 N–H and O–H groups in total. The Morgan fingerprint density at radius 2 is 1.68 bits per heavy atom. The molecule has 13 heteroatoms. The van der Waals surface area contributed by atoms with Gasteiger partial charge >= 0.3 is 5.76 Å². The topological polar surface area (TPSA) is 75.7 Å². The Hall–Kier alpha value is -2.64. The summed E-state index contributed by atoms with van der Waals surface area (Å²) in [6.07, 6.45) is 0.0486. The number of carbonyl (C=O) groups excluding carboxylic acids is 1. The fourth-order valence-electron chi connectivity index (χ4n) is 5.23. The van der Waals surface area contributed by atoms with Crippen molar-refractivity contribution in [2.24, 2.45) is 5.41 Å². The van der Waals surface area contributed by atoms with Crippen LogP contribution in [0, 0.1) is 28.7 Å². The van der Waals surface area contributed by atoms with E-state index in [1.54, 1.807) is 0 Å². The molecule has 3 fully saturated rings. The molecule has 1 spiro atoms. The molecule has 37 heavy (non-hydrogen) atoms. The number of alkyl halides is 2. The SMILES string of the molecule is O=C([C@H]1CCO1)N1CC2(CC2)[C@H](NS(=O)(=O)C(F)F)[C@@H]1Cc1cc(F)cc(-c2cc(F)cc(F)c2)c1F. The molecule has 2 saturated heterocycles. The number of nitrogens with one attached hydrogen (secondary N) is 1. The highest BCUT2D eigenvalue weighted by Gasteiger charge is 2.62. The molecule has 3 atom stereocenters. The molecule has 0 bridgehead atoms. The Kier molecular flexibility index (Phi) is 6.52. The highest BCUT2D eigenvalue weighted by atomic mass is 32.2. The summed E-state index contributed by atoms with van der Waals surface area (Å²) in [5.74, 6) is -8.23. The highest BCUT2D eigenvalue weighted by molar-refractivity contribution is 7.89. The second kappa shape index (κ2) is 9.28. The lowest BCUT2D eigenvalue weighted by atomic mass is 9.91. The molecule has 0 aromatic heterocycles. The zero-order chi connectivity index (χ0) is 26.7. The van der Waals surface area contributed by atoms with Gasteiger partial charge in [0.05, 0.1) is 12.6 Å². The minimum absolute atomic E-state index is 0.0334. The van der Waals surface area contributed by atoms with E-state index in [2.05, 4.69) is 0 Å². The lowest BCUT2D eigenvalue weighted by Crippen LogP contribution is -2.53. The van der Waals surface area contributed by atoms with Crippen LogP contribution in [0.1, 0.15) is 24.8 Å². The largest absolute Gasteiger partial charge is 0.368 e. The summed E-state index contributed by atoms with van der Waals surface area (Å²) < 4.78 is 116. The number of carbonyl (C=O) groups is 1. The van der Waals surface area contributed by atoms with E-state index in [0.717, 1.165) is 24.3 Å². The standard InChI is InChI=1S/C24H22F6N2O4S/c25-14-5-12(6-15(26)9-14)17-10-16(27)7-13(20(17)28)8-18-21(31-37(34,35)23(29)30)24(2-3-24)11-32(18)22(33)19-1-4-36-19/h5-7,9-10,18-19,21,23,31H,1-4,8,11H2/t18-,19+,21+/m0/s1. The molecule has 0 unspecified atom stereocenters. The first kappa shape index (κ1) is 26.0. The van der Waals surface area contributed by atoms with Gasteiger partial charge in [-0.25, -0.2) is 30.7 Å². The third-order valence-corrected chi connectivity index (χ3v) is 8.37. The van der Waals surface area contributed by atoms with Crippen LogP contribution in [-0.4, -0.2) is 56.3 Å². The van der Waals surface area contributed by atoms with E-state index in [1.165, 1.54) is 4.90 Å². The normalized spacial score (nSPS) is 24.5. The molecule has 3 aliphatic rings. The molecule has 2 aliphatic heterocycles. The summed E-state index contributed by atoms with van der Waals surface area (Å²) in [7, 11) is -5.08. The van der Waals surface area contributed by atoms with Gasteiger partial charge in [0.2, 0.25) is 0 Å². The third-order valence-electron chi connectivity index (χ3n) is 7.32. The number of amides is 1. The van der Waals surface area contributed by atoms with Gasteiger partial charge in [0.15, 0.2) is 0 Å². The van der Waals surface area contributed by atoms with Crippen LogP contribution in [0.25, 0.3) is 11.1 Å². The van der Waals surface area contributed by atoms with E-state index in [0.29, 0.717) is 31.9 Å². The Labute approximate surface area is 208 Å². The molecular formula is C24H22F6N2O4S. The first-order valence-corrected chi connectivity index (χ1v) is 13.1. The van der Waals surface area contributed by atoms with Gasteiger partial charge in [-0.1, -0.05) is 0 Å². The quantitative estimate of drug-likeness (QED) is 0.535. The van der Waals surface area contributed by atoms with Gasteiger partial charge in [-0.3, -0.25) is 4.79 Å². The van der Waals surface area contributed by atoms with Crippen LogP contribution in [-0.2, 0) is 26.0 Å². The number of sulfonamides is 1. The Bertz CT molecular complexity index is 1330. The average Bonchev–Trinajstić information content (AvgIpc) is 3.49. The van der Waals surface area contributed by atoms with Crippen LogP contribution in [0.4, 0.5) is 26.3 Å². The molecule has 5 rings (SSSR count). The zero-order valence-corrected chi connectivity index (χ0v) is 20.0. The summed E-state index contributed by atoms with van der Waals surface area (Å²) >= 11 is 0.